The summed E-state index contributed by atoms with van der Waals surface area (Å²) in [5, 5.41) is 13.3. The molecule has 0 spiro atoms. The molecule has 0 saturated heterocycles. The maximum absolute atomic E-state index is 10.3. The number of benzene rings is 1. The first-order valence-electron chi connectivity index (χ1n) is 6.71. The molecule has 1 aromatic heterocycles. The number of rotatable bonds is 3. The minimum Gasteiger partial charge on any atom is -0.490 e. The van der Waals surface area contributed by atoms with E-state index in [1.54, 1.807) is 11.3 Å². The molecule has 4 nitrogen and oxygen atoms in total. The zero-order chi connectivity index (χ0) is 13.9. The van der Waals surface area contributed by atoms with E-state index in [-0.39, 0.29) is 0 Å². The SMILES string of the molecule is Cc1nc(CC(O)c2ccc3c(c2)OCCCO3)cs1. The molecule has 5 heteroatoms. The lowest BCUT2D eigenvalue weighted by molar-refractivity contribution is 0.176. The molecule has 2 heterocycles. The first kappa shape index (κ1) is 13.4. The zero-order valence-electron chi connectivity index (χ0n) is 11.3. The molecule has 0 bridgehead atoms. The third kappa shape index (κ3) is 2.94. The standard InChI is InChI=1S/C15H17NO3S/c1-10-16-12(9-20-10)8-13(17)11-3-4-14-15(7-11)19-6-2-5-18-14/h3-4,7,9,13,17H,2,5-6,8H2,1H3. The molecule has 1 atom stereocenters. The van der Waals surface area contributed by atoms with Crippen molar-refractivity contribution < 1.29 is 14.6 Å². The summed E-state index contributed by atoms with van der Waals surface area (Å²) in [6, 6.07) is 5.62. The second kappa shape index (κ2) is 5.81. The normalized spacial score (nSPS) is 15.7. The summed E-state index contributed by atoms with van der Waals surface area (Å²) in [5.74, 6) is 1.47. The lowest BCUT2D eigenvalue weighted by atomic mass is 10.0. The van der Waals surface area contributed by atoms with Crippen LogP contribution in [0.5, 0.6) is 11.5 Å². The number of aryl methyl sites for hydroxylation is 1. The molecule has 1 aliphatic rings. The fourth-order valence-corrected chi connectivity index (χ4v) is 2.83. The average Bonchev–Trinajstić information content (AvgIpc) is 2.72. The van der Waals surface area contributed by atoms with E-state index in [1.807, 2.05) is 30.5 Å². The van der Waals surface area contributed by atoms with E-state index in [1.165, 1.54) is 0 Å². The van der Waals surface area contributed by atoms with Gasteiger partial charge < -0.3 is 14.6 Å². The van der Waals surface area contributed by atoms with Gasteiger partial charge in [-0.1, -0.05) is 6.07 Å². The number of aliphatic hydroxyl groups is 1. The third-order valence-corrected chi connectivity index (χ3v) is 4.05. The number of nitrogens with zero attached hydrogens (tertiary/aromatic N) is 1. The van der Waals surface area contributed by atoms with Crippen molar-refractivity contribution in [2.24, 2.45) is 0 Å². The Morgan fingerprint density at radius 1 is 1.30 bits per heavy atom. The van der Waals surface area contributed by atoms with Crippen molar-refractivity contribution in [3.8, 4) is 11.5 Å². The molecular weight excluding hydrogens is 274 g/mol. The van der Waals surface area contributed by atoms with Gasteiger partial charge in [-0.15, -0.1) is 11.3 Å². The largest absolute Gasteiger partial charge is 0.490 e. The number of aliphatic hydroxyl groups excluding tert-OH is 1. The van der Waals surface area contributed by atoms with Crippen molar-refractivity contribution in [3.63, 3.8) is 0 Å². The molecule has 2 aromatic rings. The van der Waals surface area contributed by atoms with Crippen LogP contribution in [-0.2, 0) is 6.42 Å². The van der Waals surface area contributed by atoms with Crippen molar-refractivity contribution in [1.29, 1.82) is 0 Å². The number of aromatic nitrogens is 1. The Morgan fingerprint density at radius 2 is 2.10 bits per heavy atom. The van der Waals surface area contributed by atoms with Gasteiger partial charge in [0.1, 0.15) is 0 Å². The van der Waals surface area contributed by atoms with E-state index in [0.29, 0.717) is 25.4 Å². The number of thiazole rings is 1. The highest BCUT2D eigenvalue weighted by Crippen LogP contribution is 2.33. The molecule has 1 N–H and O–H groups in total. The molecule has 0 saturated carbocycles. The van der Waals surface area contributed by atoms with Gasteiger partial charge in [-0.2, -0.15) is 0 Å². The van der Waals surface area contributed by atoms with E-state index in [9.17, 15) is 5.11 Å². The van der Waals surface area contributed by atoms with Crippen LogP contribution in [0.2, 0.25) is 0 Å². The van der Waals surface area contributed by atoms with Gasteiger partial charge in [-0.25, -0.2) is 4.98 Å². The van der Waals surface area contributed by atoms with Crippen molar-refractivity contribution >= 4 is 11.3 Å². The van der Waals surface area contributed by atoms with Crippen LogP contribution in [-0.4, -0.2) is 23.3 Å². The molecule has 1 unspecified atom stereocenters. The zero-order valence-corrected chi connectivity index (χ0v) is 12.2. The Balaban J connectivity index is 1.77. The monoisotopic (exact) mass is 291 g/mol. The van der Waals surface area contributed by atoms with E-state index < -0.39 is 6.10 Å². The highest BCUT2D eigenvalue weighted by atomic mass is 32.1. The third-order valence-electron chi connectivity index (χ3n) is 3.23. The van der Waals surface area contributed by atoms with Crippen molar-refractivity contribution in [2.45, 2.75) is 25.9 Å². The summed E-state index contributed by atoms with van der Waals surface area (Å²) in [5.41, 5.74) is 1.76. The maximum Gasteiger partial charge on any atom is 0.161 e. The Labute approximate surface area is 122 Å². The van der Waals surface area contributed by atoms with E-state index in [2.05, 4.69) is 4.98 Å². The highest BCUT2D eigenvalue weighted by molar-refractivity contribution is 7.09. The number of hydrogen-bond donors (Lipinski definition) is 1. The first-order valence-corrected chi connectivity index (χ1v) is 7.59. The molecule has 1 aliphatic heterocycles. The smallest absolute Gasteiger partial charge is 0.161 e. The second-order valence-corrected chi connectivity index (χ2v) is 5.90. The maximum atomic E-state index is 10.3. The molecule has 0 amide bonds. The Morgan fingerprint density at radius 3 is 2.85 bits per heavy atom. The number of fused-ring (bicyclic) bond motifs is 1. The van der Waals surface area contributed by atoms with Crippen molar-refractivity contribution in [3.05, 3.63) is 39.8 Å². The summed E-state index contributed by atoms with van der Waals surface area (Å²) < 4.78 is 11.2. The summed E-state index contributed by atoms with van der Waals surface area (Å²) in [6.45, 7) is 3.29. The van der Waals surface area contributed by atoms with Crippen LogP contribution < -0.4 is 9.47 Å². The molecule has 106 valence electrons. The number of ether oxygens (including phenoxy) is 2. The fraction of sp³-hybridized carbons (Fsp3) is 0.400. The fourth-order valence-electron chi connectivity index (χ4n) is 2.21. The van der Waals surface area contributed by atoms with Gasteiger partial charge >= 0.3 is 0 Å². The minimum atomic E-state index is -0.575. The predicted molar refractivity (Wildman–Crippen MR) is 77.6 cm³/mol. The second-order valence-electron chi connectivity index (χ2n) is 4.83. The van der Waals surface area contributed by atoms with E-state index in [4.69, 9.17) is 9.47 Å². The summed E-state index contributed by atoms with van der Waals surface area (Å²) >= 11 is 1.60. The van der Waals surface area contributed by atoms with Gasteiger partial charge in [0, 0.05) is 18.2 Å². The Bertz CT molecular complexity index is 597. The van der Waals surface area contributed by atoms with Gasteiger partial charge in [0.2, 0.25) is 0 Å². The van der Waals surface area contributed by atoms with E-state index >= 15 is 0 Å². The molecule has 0 radical (unpaired) electrons. The van der Waals surface area contributed by atoms with Crippen LogP contribution in [0.3, 0.4) is 0 Å². The topological polar surface area (TPSA) is 51.6 Å². The predicted octanol–water partition coefficient (Wildman–Crippen LogP) is 2.89. The van der Waals surface area contributed by atoms with Crippen LogP contribution in [0.25, 0.3) is 0 Å². The Hall–Kier alpha value is -1.59. The molecule has 1 aromatic carbocycles. The van der Waals surface area contributed by atoms with Crippen LogP contribution in [0.15, 0.2) is 23.6 Å². The van der Waals surface area contributed by atoms with Gasteiger partial charge in [0.05, 0.1) is 30.0 Å². The van der Waals surface area contributed by atoms with Gasteiger partial charge in [-0.3, -0.25) is 0 Å². The molecular formula is C15H17NO3S. The number of hydrogen-bond acceptors (Lipinski definition) is 5. The van der Waals surface area contributed by atoms with Crippen LogP contribution in [0.4, 0.5) is 0 Å². The van der Waals surface area contributed by atoms with Crippen LogP contribution >= 0.6 is 11.3 Å². The molecule has 20 heavy (non-hydrogen) atoms. The quantitative estimate of drug-likeness (QED) is 0.944. The summed E-state index contributed by atoms with van der Waals surface area (Å²) in [6.07, 6.45) is 0.822. The lowest BCUT2D eigenvalue weighted by Gasteiger charge is -2.13. The minimum absolute atomic E-state index is 0.518. The van der Waals surface area contributed by atoms with Gasteiger partial charge in [-0.05, 0) is 24.6 Å². The van der Waals surface area contributed by atoms with Crippen molar-refractivity contribution in [1.82, 2.24) is 4.98 Å². The Kier molecular flexibility index (Phi) is 3.89. The summed E-state index contributed by atoms with van der Waals surface area (Å²) in [7, 11) is 0. The molecule has 0 fully saturated rings. The van der Waals surface area contributed by atoms with Crippen LogP contribution in [0, 0.1) is 6.92 Å². The lowest BCUT2D eigenvalue weighted by Crippen LogP contribution is -2.03. The van der Waals surface area contributed by atoms with E-state index in [0.717, 1.165) is 28.4 Å². The van der Waals surface area contributed by atoms with Crippen LogP contribution in [0.1, 0.15) is 28.8 Å². The average molecular weight is 291 g/mol. The molecule has 0 aliphatic carbocycles. The highest BCUT2D eigenvalue weighted by Gasteiger charge is 2.15. The van der Waals surface area contributed by atoms with Crippen molar-refractivity contribution in [2.75, 3.05) is 13.2 Å². The molecule has 3 rings (SSSR count). The summed E-state index contributed by atoms with van der Waals surface area (Å²) in [4.78, 5) is 4.38. The van der Waals surface area contributed by atoms with Gasteiger partial charge in [0.15, 0.2) is 11.5 Å². The van der Waals surface area contributed by atoms with Gasteiger partial charge in [0.25, 0.3) is 0 Å². The first-order chi connectivity index (χ1) is 9.72.